The number of rotatable bonds is 2. The van der Waals surface area contributed by atoms with Crippen molar-refractivity contribution in [3.05, 3.63) is 33.8 Å². The Hall–Kier alpha value is -0.770. The first-order valence-electron chi connectivity index (χ1n) is 6.44. The van der Waals surface area contributed by atoms with E-state index in [4.69, 9.17) is 28.9 Å². The average Bonchev–Trinajstić information content (AvgIpc) is 2.37. The molecule has 1 aliphatic heterocycles. The molecule has 2 atom stereocenters. The Bertz CT molecular complexity index is 479. The van der Waals surface area contributed by atoms with Gasteiger partial charge in [-0.1, -0.05) is 36.2 Å². The van der Waals surface area contributed by atoms with Crippen molar-refractivity contribution in [2.45, 2.75) is 25.8 Å². The minimum Gasteiger partial charge on any atom is -0.342 e. The maximum Gasteiger partial charge on any atom is 0.227 e. The molecule has 1 aromatic rings. The van der Waals surface area contributed by atoms with Crippen molar-refractivity contribution in [2.75, 3.05) is 13.1 Å². The molecule has 1 amide bonds. The van der Waals surface area contributed by atoms with Crippen molar-refractivity contribution in [3.8, 4) is 0 Å². The van der Waals surface area contributed by atoms with Crippen molar-refractivity contribution >= 4 is 29.1 Å². The van der Waals surface area contributed by atoms with Crippen LogP contribution in [-0.2, 0) is 11.2 Å². The highest BCUT2D eigenvalue weighted by atomic mass is 35.5. The molecule has 2 unspecified atom stereocenters. The second-order valence-corrected chi connectivity index (χ2v) is 6.01. The quantitative estimate of drug-likeness (QED) is 0.913. The van der Waals surface area contributed by atoms with Gasteiger partial charge in [-0.15, -0.1) is 0 Å². The summed E-state index contributed by atoms with van der Waals surface area (Å²) in [6, 6.07) is 5.52. The van der Waals surface area contributed by atoms with Gasteiger partial charge < -0.3 is 10.6 Å². The summed E-state index contributed by atoms with van der Waals surface area (Å²) in [5, 5.41) is 0.997. The minimum absolute atomic E-state index is 0.122. The van der Waals surface area contributed by atoms with Crippen LogP contribution in [0.2, 0.25) is 10.0 Å². The summed E-state index contributed by atoms with van der Waals surface area (Å²) in [6.07, 6.45) is 1.23. The fourth-order valence-corrected chi connectivity index (χ4v) is 2.65. The number of benzene rings is 1. The van der Waals surface area contributed by atoms with E-state index < -0.39 is 0 Å². The van der Waals surface area contributed by atoms with Gasteiger partial charge in [-0.25, -0.2) is 0 Å². The summed E-state index contributed by atoms with van der Waals surface area (Å²) in [7, 11) is 0. The number of nitrogens with zero attached hydrogens (tertiary/aromatic N) is 1. The zero-order valence-corrected chi connectivity index (χ0v) is 12.4. The normalized spacial score (nSPS) is 23.5. The molecular formula is C14H18Cl2N2O. The third-order valence-electron chi connectivity index (χ3n) is 3.66. The second kappa shape index (κ2) is 6.12. The van der Waals surface area contributed by atoms with Crippen molar-refractivity contribution < 1.29 is 4.79 Å². The standard InChI is InChI=1S/C14H18Cl2N2O/c1-9-8-18(5-4-13(9)17)14(19)7-10-2-3-11(15)12(16)6-10/h2-3,6,9,13H,4-5,7-8,17H2,1H3. The molecule has 0 saturated carbocycles. The van der Waals surface area contributed by atoms with E-state index in [1.807, 2.05) is 11.0 Å². The Morgan fingerprint density at radius 1 is 1.42 bits per heavy atom. The molecule has 0 bridgehead atoms. The van der Waals surface area contributed by atoms with Crippen LogP contribution in [0.3, 0.4) is 0 Å². The van der Waals surface area contributed by atoms with Gasteiger partial charge in [0.1, 0.15) is 0 Å². The van der Waals surface area contributed by atoms with Crippen LogP contribution in [0.25, 0.3) is 0 Å². The number of carbonyl (C=O) groups excluding carboxylic acids is 1. The van der Waals surface area contributed by atoms with Gasteiger partial charge in [0.05, 0.1) is 16.5 Å². The van der Waals surface area contributed by atoms with Crippen molar-refractivity contribution in [1.82, 2.24) is 4.90 Å². The summed E-state index contributed by atoms with van der Waals surface area (Å²) in [5.41, 5.74) is 6.85. The summed E-state index contributed by atoms with van der Waals surface area (Å²) < 4.78 is 0. The molecule has 1 heterocycles. The van der Waals surface area contributed by atoms with Gasteiger partial charge >= 0.3 is 0 Å². The third kappa shape index (κ3) is 3.62. The lowest BCUT2D eigenvalue weighted by Gasteiger charge is -2.35. The van der Waals surface area contributed by atoms with E-state index in [0.717, 1.165) is 25.1 Å². The first-order chi connectivity index (χ1) is 8.97. The predicted molar refractivity (Wildman–Crippen MR) is 78.5 cm³/mol. The Balaban J connectivity index is 1.99. The highest BCUT2D eigenvalue weighted by molar-refractivity contribution is 6.42. The van der Waals surface area contributed by atoms with Crippen molar-refractivity contribution in [2.24, 2.45) is 11.7 Å². The van der Waals surface area contributed by atoms with E-state index >= 15 is 0 Å². The number of piperidine rings is 1. The zero-order valence-electron chi connectivity index (χ0n) is 10.9. The van der Waals surface area contributed by atoms with Crippen LogP contribution in [0.4, 0.5) is 0 Å². The number of hydrogen-bond acceptors (Lipinski definition) is 2. The number of nitrogens with two attached hydrogens (primary N) is 1. The topological polar surface area (TPSA) is 46.3 Å². The average molecular weight is 301 g/mol. The third-order valence-corrected chi connectivity index (χ3v) is 4.40. The molecule has 0 aromatic heterocycles. The maximum absolute atomic E-state index is 12.2. The Kier molecular flexibility index (Phi) is 4.71. The Morgan fingerprint density at radius 3 is 2.79 bits per heavy atom. The number of hydrogen-bond donors (Lipinski definition) is 1. The highest BCUT2D eigenvalue weighted by Gasteiger charge is 2.26. The van der Waals surface area contributed by atoms with E-state index in [1.54, 1.807) is 12.1 Å². The smallest absolute Gasteiger partial charge is 0.227 e. The number of halogens is 2. The Morgan fingerprint density at radius 2 is 2.16 bits per heavy atom. The summed E-state index contributed by atoms with van der Waals surface area (Å²) >= 11 is 11.8. The maximum atomic E-state index is 12.2. The fourth-order valence-electron chi connectivity index (χ4n) is 2.33. The molecule has 0 spiro atoms. The van der Waals surface area contributed by atoms with Gasteiger partial charge in [-0.3, -0.25) is 4.79 Å². The van der Waals surface area contributed by atoms with Gasteiger partial charge in [0, 0.05) is 19.1 Å². The summed E-state index contributed by atoms with van der Waals surface area (Å²) in [6.45, 7) is 3.57. The van der Waals surface area contributed by atoms with E-state index in [1.165, 1.54) is 0 Å². The summed E-state index contributed by atoms with van der Waals surface area (Å²) in [5.74, 6) is 0.476. The van der Waals surface area contributed by atoms with Crippen molar-refractivity contribution in [3.63, 3.8) is 0 Å². The van der Waals surface area contributed by atoms with Gasteiger partial charge in [-0.05, 0) is 30.0 Å². The molecule has 5 heteroatoms. The van der Waals surface area contributed by atoms with Crippen LogP contribution in [0, 0.1) is 5.92 Å². The molecule has 2 N–H and O–H groups in total. The largest absolute Gasteiger partial charge is 0.342 e. The van der Waals surface area contributed by atoms with Crippen LogP contribution in [0.15, 0.2) is 18.2 Å². The first-order valence-corrected chi connectivity index (χ1v) is 7.20. The first kappa shape index (κ1) is 14.6. The minimum atomic E-state index is 0.122. The van der Waals surface area contributed by atoms with Crippen LogP contribution < -0.4 is 5.73 Å². The number of carbonyl (C=O) groups is 1. The molecule has 19 heavy (non-hydrogen) atoms. The van der Waals surface area contributed by atoms with Crippen molar-refractivity contribution in [1.29, 1.82) is 0 Å². The van der Waals surface area contributed by atoms with Gasteiger partial charge in [0.25, 0.3) is 0 Å². The monoisotopic (exact) mass is 300 g/mol. The van der Waals surface area contributed by atoms with Gasteiger partial charge in [-0.2, -0.15) is 0 Å². The highest BCUT2D eigenvalue weighted by Crippen LogP contribution is 2.23. The van der Waals surface area contributed by atoms with Gasteiger partial charge in [0.15, 0.2) is 0 Å². The Labute approximate surface area is 123 Å². The van der Waals surface area contributed by atoms with Crippen LogP contribution in [0.1, 0.15) is 18.9 Å². The lowest BCUT2D eigenvalue weighted by Crippen LogP contribution is -2.48. The molecule has 1 aliphatic rings. The zero-order chi connectivity index (χ0) is 14.0. The lowest BCUT2D eigenvalue weighted by atomic mass is 9.94. The molecule has 104 valence electrons. The van der Waals surface area contributed by atoms with Crippen LogP contribution in [0.5, 0.6) is 0 Å². The summed E-state index contributed by atoms with van der Waals surface area (Å²) in [4.78, 5) is 14.1. The molecule has 3 nitrogen and oxygen atoms in total. The number of likely N-dealkylation sites (tertiary alicyclic amines) is 1. The lowest BCUT2D eigenvalue weighted by molar-refractivity contribution is -0.132. The molecular weight excluding hydrogens is 283 g/mol. The van der Waals surface area contributed by atoms with Crippen LogP contribution in [-0.4, -0.2) is 29.9 Å². The van der Waals surface area contributed by atoms with Gasteiger partial charge in [0.2, 0.25) is 5.91 Å². The van der Waals surface area contributed by atoms with Crippen LogP contribution >= 0.6 is 23.2 Å². The molecule has 2 rings (SSSR count). The second-order valence-electron chi connectivity index (χ2n) is 5.19. The fraction of sp³-hybridized carbons (Fsp3) is 0.500. The molecule has 0 aliphatic carbocycles. The molecule has 0 radical (unpaired) electrons. The number of amides is 1. The predicted octanol–water partition coefficient (Wildman–Crippen LogP) is 2.73. The molecule has 1 saturated heterocycles. The molecule has 1 aromatic carbocycles. The van der Waals surface area contributed by atoms with E-state index in [2.05, 4.69) is 6.92 Å². The van der Waals surface area contributed by atoms with E-state index in [0.29, 0.717) is 22.4 Å². The SMILES string of the molecule is CC1CN(C(=O)Cc2ccc(Cl)c(Cl)c2)CCC1N. The van der Waals surface area contributed by atoms with E-state index in [-0.39, 0.29) is 11.9 Å². The van der Waals surface area contributed by atoms with E-state index in [9.17, 15) is 4.79 Å². The molecule has 1 fully saturated rings.